The van der Waals surface area contributed by atoms with Gasteiger partial charge in [-0.1, -0.05) is 58.5 Å². The molecular weight excluding hydrogens is 482 g/mol. The molecule has 3 rings (SSSR count). The van der Waals surface area contributed by atoms with Crippen molar-refractivity contribution in [2.24, 2.45) is 0 Å². The number of hydrogen-bond acceptors (Lipinski definition) is 4. The Morgan fingerprint density at radius 3 is 1.97 bits per heavy atom. The molecule has 0 amide bonds. The Bertz CT molecular complexity index is 1190. The van der Waals surface area contributed by atoms with Crippen LogP contribution in [0.15, 0.2) is 54.6 Å². The van der Waals surface area contributed by atoms with Gasteiger partial charge in [0.1, 0.15) is 11.5 Å². The van der Waals surface area contributed by atoms with Crippen molar-refractivity contribution in [3.63, 3.8) is 0 Å². The first-order valence-corrected chi connectivity index (χ1v) is 10.8. The molecule has 0 aliphatic heterocycles. The molecule has 1 unspecified atom stereocenters. The highest BCUT2D eigenvalue weighted by Crippen LogP contribution is 2.50. The van der Waals surface area contributed by atoms with Crippen molar-refractivity contribution in [1.29, 1.82) is 0 Å². The first kappa shape index (κ1) is 22.0. The van der Waals surface area contributed by atoms with E-state index in [0.717, 1.165) is 18.2 Å². The molecule has 0 aliphatic carbocycles. The summed E-state index contributed by atoms with van der Waals surface area (Å²) in [6.07, 6.45) is 0. The predicted molar refractivity (Wildman–Crippen MR) is 114 cm³/mol. The van der Waals surface area contributed by atoms with Gasteiger partial charge in [-0.05, 0) is 53.6 Å². The Morgan fingerprint density at radius 1 is 0.793 bits per heavy atom. The minimum absolute atomic E-state index is 0.0208. The van der Waals surface area contributed by atoms with Crippen molar-refractivity contribution in [2.45, 2.75) is 4.75 Å². The van der Waals surface area contributed by atoms with Gasteiger partial charge in [-0.25, -0.2) is 0 Å². The summed E-state index contributed by atoms with van der Waals surface area (Å²) in [5.74, 6) is -0.860. The third-order valence-electron chi connectivity index (χ3n) is 4.37. The van der Waals surface area contributed by atoms with E-state index in [1.54, 1.807) is 0 Å². The molecule has 3 N–H and O–H groups in total. The summed E-state index contributed by atoms with van der Waals surface area (Å²) in [5, 5.41) is 20.5. The van der Waals surface area contributed by atoms with E-state index >= 15 is 0 Å². The summed E-state index contributed by atoms with van der Waals surface area (Å²) in [5.41, 5.74) is -0.484. The molecule has 0 radical (unpaired) electrons. The predicted octanol–water partition coefficient (Wildman–Crippen LogP) is 5.89. The van der Waals surface area contributed by atoms with Gasteiger partial charge in [0.15, 0.2) is 4.75 Å². The summed E-state index contributed by atoms with van der Waals surface area (Å²) in [7, 11) is -5.08. The standard InChI is InChI=1S/C19H12Cl4O5S/c20-12-3-1-2-10(6-12)19(29(26,27)28,14-9-13(24)4-5-17(14)25)11-7-15(21)18(23)16(22)8-11/h1-9,24-25H,(H,26,27,28). The van der Waals surface area contributed by atoms with Crippen molar-refractivity contribution < 1.29 is 23.2 Å². The monoisotopic (exact) mass is 492 g/mol. The van der Waals surface area contributed by atoms with Crippen LogP contribution in [0.1, 0.15) is 16.7 Å². The lowest BCUT2D eigenvalue weighted by molar-refractivity contribution is 0.434. The Balaban J connectivity index is 2.61. The van der Waals surface area contributed by atoms with Crippen molar-refractivity contribution >= 4 is 56.5 Å². The van der Waals surface area contributed by atoms with Crippen LogP contribution < -0.4 is 0 Å². The second-order valence-corrected chi connectivity index (χ2v) is 9.31. The molecule has 0 heterocycles. The molecule has 0 saturated heterocycles. The van der Waals surface area contributed by atoms with Gasteiger partial charge in [0.25, 0.3) is 10.1 Å². The molecule has 3 aromatic carbocycles. The third-order valence-corrected chi connectivity index (χ3v) is 7.26. The van der Waals surface area contributed by atoms with Crippen molar-refractivity contribution in [2.75, 3.05) is 0 Å². The smallest absolute Gasteiger partial charge is 0.283 e. The normalized spacial score (nSPS) is 13.8. The maximum Gasteiger partial charge on any atom is 0.283 e. The van der Waals surface area contributed by atoms with Gasteiger partial charge >= 0.3 is 0 Å². The molecule has 1 atom stereocenters. The van der Waals surface area contributed by atoms with E-state index in [-0.39, 0.29) is 42.5 Å². The van der Waals surface area contributed by atoms with Crippen LogP contribution in [0, 0.1) is 0 Å². The highest BCUT2D eigenvalue weighted by molar-refractivity contribution is 7.87. The lowest BCUT2D eigenvalue weighted by atomic mass is 9.83. The molecule has 29 heavy (non-hydrogen) atoms. The number of hydrogen-bond donors (Lipinski definition) is 3. The van der Waals surface area contributed by atoms with E-state index in [2.05, 4.69) is 0 Å². The molecule has 10 heteroatoms. The minimum atomic E-state index is -5.08. The molecule has 152 valence electrons. The molecule has 3 aromatic rings. The summed E-state index contributed by atoms with van der Waals surface area (Å²) in [4.78, 5) is 0. The lowest BCUT2D eigenvalue weighted by Crippen LogP contribution is -2.38. The topological polar surface area (TPSA) is 94.8 Å². The van der Waals surface area contributed by atoms with Gasteiger partial charge in [-0.2, -0.15) is 8.42 Å². The fraction of sp³-hybridized carbons (Fsp3) is 0.0526. The number of phenolic OH excluding ortho intramolecular Hbond substituents is 2. The quantitative estimate of drug-likeness (QED) is 0.182. The van der Waals surface area contributed by atoms with Gasteiger partial charge in [0.2, 0.25) is 0 Å². The zero-order chi connectivity index (χ0) is 21.6. The highest BCUT2D eigenvalue weighted by atomic mass is 35.5. The van der Waals surface area contributed by atoms with E-state index in [9.17, 15) is 23.2 Å². The van der Waals surface area contributed by atoms with Gasteiger partial charge < -0.3 is 10.2 Å². The largest absolute Gasteiger partial charge is 0.508 e. The number of aromatic hydroxyl groups is 2. The van der Waals surface area contributed by atoms with E-state index < -0.39 is 20.6 Å². The van der Waals surface area contributed by atoms with Gasteiger partial charge in [0.05, 0.1) is 15.1 Å². The molecule has 0 spiro atoms. The Morgan fingerprint density at radius 2 is 1.41 bits per heavy atom. The van der Waals surface area contributed by atoms with Crippen LogP contribution in [0.5, 0.6) is 11.5 Å². The Kier molecular flexibility index (Phi) is 5.98. The lowest BCUT2D eigenvalue weighted by Gasteiger charge is -2.33. The SMILES string of the molecule is O=S(=O)(O)C(c1cccc(Cl)c1)(c1cc(Cl)c(Cl)c(Cl)c1)c1cc(O)ccc1O. The van der Waals surface area contributed by atoms with Crippen LogP contribution in [0.25, 0.3) is 0 Å². The Labute approximate surface area is 186 Å². The van der Waals surface area contributed by atoms with Crippen LogP contribution >= 0.6 is 46.4 Å². The molecule has 0 saturated carbocycles. The maximum atomic E-state index is 12.9. The number of benzene rings is 3. The average Bonchev–Trinajstić information content (AvgIpc) is 2.62. The van der Waals surface area contributed by atoms with Crippen LogP contribution in [0.2, 0.25) is 20.1 Å². The minimum Gasteiger partial charge on any atom is -0.508 e. The van der Waals surface area contributed by atoms with Gasteiger partial charge in [-0.15, -0.1) is 0 Å². The fourth-order valence-electron chi connectivity index (χ4n) is 3.19. The first-order valence-electron chi connectivity index (χ1n) is 7.89. The molecule has 5 nitrogen and oxygen atoms in total. The highest BCUT2D eigenvalue weighted by Gasteiger charge is 2.50. The Hall–Kier alpha value is -1.67. The summed E-state index contributed by atoms with van der Waals surface area (Å²) < 4.78 is 33.9. The van der Waals surface area contributed by atoms with Crippen LogP contribution in [0.3, 0.4) is 0 Å². The number of rotatable bonds is 4. The van der Waals surface area contributed by atoms with Crippen LogP contribution in [-0.4, -0.2) is 23.2 Å². The zero-order valence-corrected chi connectivity index (χ0v) is 18.1. The number of halogens is 4. The third kappa shape index (κ3) is 3.77. The molecular formula is C19H12Cl4O5S. The fourth-order valence-corrected chi connectivity index (χ4v) is 5.26. The second-order valence-electron chi connectivity index (χ2n) is 6.12. The molecule has 0 fully saturated rings. The molecule has 0 aromatic heterocycles. The van der Waals surface area contributed by atoms with Crippen LogP contribution in [-0.2, 0) is 14.9 Å². The second kappa shape index (κ2) is 7.87. The van der Waals surface area contributed by atoms with Crippen LogP contribution in [0.4, 0.5) is 0 Å². The zero-order valence-electron chi connectivity index (χ0n) is 14.3. The summed E-state index contributed by atoms with van der Waals surface area (Å²) >= 11 is 24.3. The number of phenols is 2. The van der Waals surface area contributed by atoms with Gasteiger partial charge in [-0.3, -0.25) is 4.55 Å². The molecule has 0 aliphatic rings. The summed E-state index contributed by atoms with van der Waals surface area (Å²) in [6.45, 7) is 0. The van der Waals surface area contributed by atoms with Crippen molar-refractivity contribution in [3.8, 4) is 11.5 Å². The van der Waals surface area contributed by atoms with Crippen molar-refractivity contribution in [1.82, 2.24) is 0 Å². The van der Waals surface area contributed by atoms with Crippen molar-refractivity contribution in [3.05, 3.63) is 91.4 Å². The van der Waals surface area contributed by atoms with Gasteiger partial charge in [0, 0.05) is 10.6 Å². The van der Waals surface area contributed by atoms with E-state index in [4.69, 9.17) is 46.4 Å². The maximum absolute atomic E-state index is 12.9. The average molecular weight is 494 g/mol. The first-order chi connectivity index (χ1) is 13.5. The van der Waals surface area contributed by atoms with E-state index in [0.29, 0.717) is 0 Å². The molecule has 0 bridgehead atoms. The summed E-state index contributed by atoms with van der Waals surface area (Å²) in [6, 6.07) is 11.3. The van der Waals surface area contributed by atoms with E-state index in [1.165, 1.54) is 36.4 Å². The van der Waals surface area contributed by atoms with E-state index in [1.807, 2.05) is 0 Å².